The van der Waals surface area contributed by atoms with Crippen LogP contribution in [-0.2, 0) is 0 Å². The molecular formula is C19H28BrNO. The third-order valence-electron chi connectivity index (χ3n) is 4.62. The summed E-state index contributed by atoms with van der Waals surface area (Å²) in [6.45, 7) is 3.14. The molecule has 1 aromatic rings. The lowest BCUT2D eigenvalue weighted by molar-refractivity contribution is 0.0629. The molecule has 0 heterocycles. The van der Waals surface area contributed by atoms with Gasteiger partial charge in [-0.05, 0) is 43.5 Å². The van der Waals surface area contributed by atoms with Crippen molar-refractivity contribution in [1.82, 2.24) is 4.90 Å². The molecule has 0 bridgehead atoms. The number of carbonyl (C=O) groups excluding carboxylic acids is 1. The highest BCUT2D eigenvalue weighted by Crippen LogP contribution is 2.25. The summed E-state index contributed by atoms with van der Waals surface area (Å²) < 4.78 is 1.02. The van der Waals surface area contributed by atoms with Gasteiger partial charge in [0.2, 0.25) is 0 Å². The van der Waals surface area contributed by atoms with Crippen molar-refractivity contribution in [2.75, 3.05) is 6.54 Å². The molecule has 1 aromatic carbocycles. The van der Waals surface area contributed by atoms with Gasteiger partial charge in [-0.1, -0.05) is 61.4 Å². The molecule has 0 radical (unpaired) electrons. The van der Waals surface area contributed by atoms with Crippen molar-refractivity contribution >= 4 is 21.8 Å². The van der Waals surface area contributed by atoms with Gasteiger partial charge in [-0.3, -0.25) is 4.79 Å². The number of carbonyl (C=O) groups is 1. The monoisotopic (exact) mass is 365 g/mol. The van der Waals surface area contributed by atoms with Gasteiger partial charge in [0.25, 0.3) is 5.91 Å². The molecule has 22 heavy (non-hydrogen) atoms. The van der Waals surface area contributed by atoms with Gasteiger partial charge in [-0.2, -0.15) is 0 Å². The van der Waals surface area contributed by atoms with Crippen LogP contribution in [0.1, 0.15) is 75.1 Å². The second kappa shape index (κ2) is 9.34. The van der Waals surface area contributed by atoms with Crippen LogP contribution in [0.2, 0.25) is 0 Å². The Morgan fingerprint density at radius 3 is 2.41 bits per heavy atom. The van der Waals surface area contributed by atoms with E-state index < -0.39 is 0 Å². The quantitative estimate of drug-likeness (QED) is 0.558. The SMILES string of the molecule is CCCCCCN(C(=O)c1ccc(Br)cc1)C1CCCCC1. The molecule has 1 amide bonds. The molecule has 0 aromatic heterocycles. The Morgan fingerprint density at radius 2 is 1.77 bits per heavy atom. The van der Waals surface area contributed by atoms with Crippen LogP contribution in [-0.4, -0.2) is 23.4 Å². The predicted molar refractivity (Wildman–Crippen MR) is 96.2 cm³/mol. The first-order valence-corrected chi connectivity index (χ1v) is 9.58. The molecule has 1 aliphatic rings. The van der Waals surface area contributed by atoms with E-state index in [0.717, 1.165) is 23.0 Å². The second-order valence-electron chi connectivity index (χ2n) is 6.36. The van der Waals surface area contributed by atoms with E-state index in [-0.39, 0.29) is 5.91 Å². The van der Waals surface area contributed by atoms with E-state index in [1.165, 1.54) is 51.4 Å². The summed E-state index contributed by atoms with van der Waals surface area (Å²) >= 11 is 3.44. The predicted octanol–water partition coefficient (Wildman–Crippen LogP) is 5.80. The minimum absolute atomic E-state index is 0.218. The van der Waals surface area contributed by atoms with E-state index in [0.29, 0.717) is 6.04 Å². The molecular weight excluding hydrogens is 338 g/mol. The highest BCUT2D eigenvalue weighted by molar-refractivity contribution is 9.10. The summed E-state index contributed by atoms with van der Waals surface area (Å²) in [7, 11) is 0. The van der Waals surface area contributed by atoms with Crippen molar-refractivity contribution in [3.05, 3.63) is 34.3 Å². The van der Waals surface area contributed by atoms with E-state index in [1.54, 1.807) is 0 Å². The number of hydrogen-bond acceptors (Lipinski definition) is 1. The summed E-state index contributed by atoms with van der Waals surface area (Å²) in [5.41, 5.74) is 0.823. The van der Waals surface area contributed by atoms with Gasteiger partial charge in [0.15, 0.2) is 0 Å². The fraction of sp³-hybridized carbons (Fsp3) is 0.632. The van der Waals surface area contributed by atoms with Crippen molar-refractivity contribution in [1.29, 1.82) is 0 Å². The molecule has 0 saturated heterocycles. The molecule has 0 N–H and O–H groups in total. The van der Waals surface area contributed by atoms with E-state index in [4.69, 9.17) is 0 Å². The van der Waals surface area contributed by atoms with Crippen LogP contribution >= 0.6 is 15.9 Å². The Morgan fingerprint density at radius 1 is 1.09 bits per heavy atom. The smallest absolute Gasteiger partial charge is 0.254 e. The summed E-state index contributed by atoms with van der Waals surface area (Å²) in [5.74, 6) is 0.218. The summed E-state index contributed by atoms with van der Waals surface area (Å²) in [6.07, 6.45) is 11.1. The highest BCUT2D eigenvalue weighted by Gasteiger charge is 2.25. The highest BCUT2D eigenvalue weighted by atomic mass is 79.9. The van der Waals surface area contributed by atoms with Crippen LogP contribution in [0, 0.1) is 0 Å². The Kier molecular flexibility index (Phi) is 7.44. The van der Waals surface area contributed by atoms with Crippen LogP contribution in [0.25, 0.3) is 0 Å². The maximum atomic E-state index is 12.9. The first-order chi connectivity index (χ1) is 10.7. The van der Waals surface area contributed by atoms with Crippen LogP contribution in [0.4, 0.5) is 0 Å². The van der Waals surface area contributed by atoms with Crippen LogP contribution in [0.3, 0.4) is 0 Å². The third kappa shape index (κ3) is 5.12. The normalized spacial score (nSPS) is 15.7. The zero-order valence-electron chi connectivity index (χ0n) is 13.7. The Bertz CT molecular complexity index is 451. The van der Waals surface area contributed by atoms with Crippen molar-refractivity contribution in [3.8, 4) is 0 Å². The lowest BCUT2D eigenvalue weighted by Crippen LogP contribution is -2.42. The molecule has 0 aliphatic heterocycles. The lowest BCUT2D eigenvalue weighted by atomic mass is 9.93. The molecule has 122 valence electrons. The van der Waals surface area contributed by atoms with E-state index in [9.17, 15) is 4.79 Å². The standard InChI is InChI=1S/C19H28BrNO/c1-2-3-4-8-15-21(18-9-6-5-7-10-18)19(22)16-11-13-17(20)14-12-16/h11-14,18H,2-10,15H2,1H3. The fourth-order valence-electron chi connectivity index (χ4n) is 3.31. The first kappa shape index (κ1) is 17.5. The summed E-state index contributed by atoms with van der Waals surface area (Å²) in [6, 6.07) is 8.25. The third-order valence-corrected chi connectivity index (χ3v) is 5.15. The molecule has 1 fully saturated rings. The molecule has 0 spiro atoms. The van der Waals surface area contributed by atoms with Gasteiger partial charge < -0.3 is 4.90 Å². The van der Waals surface area contributed by atoms with Crippen molar-refractivity contribution in [2.45, 2.75) is 70.8 Å². The van der Waals surface area contributed by atoms with Gasteiger partial charge in [0, 0.05) is 22.6 Å². The number of unbranched alkanes of at least 4 members (excludes halogenated alkanes) is 3. The largest absolute Gasteiger partial charge is 0.336 e. The number of hydrogen-bond donors (Lipinski definition) is 0. The topological polar surface area (TPSA) is 20.3 Å². The minimum atomic E-state index is 0.218. The van der Waals surface area contributed by atoms with E-state index in [1.807, 2.05) is 24.3 Å². The Balaban J connectivity index is 2.04. The average molecular weight is 366 g/mol. The Hall–Kier alpha value is -0.830. The average Bonchev–Trinajstić information content (AvgIpc) is 2.56. The zero-order chi connectivity index (χ0) is 15.8. The van der Waals surface area contributed by atoms with Gasteiger partial charge >= 0.3 is 0 Å². The Labute approximate surface area is 143 Å². The first-order valence-electron chi connectivity index (χ1n) is 8.79. The van der Waals surface area contributed by atoms with Crippen molar-refractivity contribution in [3.63, 3.8) is 0 Å². The molecule has 2 rings (SSSR count). The van der Waals surface area contributed by atoms with Gasteiger partial charge in [0.1, 0.15) is 0 Å². The van der Waals surface area contributed by atoms with E-state index in [2.05, 4.69) is 27.8 Å². The summed E-state index contributed by atoms with van der Waals surface area (Å²) in [4.78, 5) is 15.1. The summed E-state index contributed by atoms with van der Waals surface area (Å²) in [5, 5.41) is 0. The van der Waals surface area contributed by atoms with Crippen molar-refractivity contribution in [2.24, 2.45) is 0 Å². The minimum Gasteiger partial charge on any atom is -0.336 e. The van der Waals surface area contributed by atoms with Gasteiger partial charge in [-0.25, -0.2) is 0 Å². The fourth-order valence-corrected chi connectivity index (χ4v) is 3.57. The molecule has 1 aliphatic carbocycles. The van der Waals surface area contributed by atoms with Crippen LogP contribution in [0.5, 0.6) is 0 Å². The van der Waals surface area contributed by atoms with Crippen molar-refractivity contribution < 1.29 is 4.79 Å². The molecule has 0 atom stereocenters. The van der Waals surface area contributed by atoms with Crippen LogP contribution < -0.4 is 0 Å². The molecule has 2 nitrogen and oxygen atoms in total. The molecule has 1 saturated carbocycles. The van der Waals surface area contributed by atoms with E-state index >= 15 is 0 Å². The number of benzene rings is 1. The second-order valence-corrected chi connectivity index (χ2v) is 7.27. The lowest BCUT2D eigenvalue weighted by Gasteiger charge is -2.34. The zero-order valence-corrected chi connectivity index (χ0v) is 15.3. The maximum absolute atomic E-state index is 12.9. The molecule has 0 unspecified atom stereocenters. The number of rotatable bonds is 7. The number of amides is 1. The van der Waals surface area contributed by atoms with Crippen LogP contribution in [0.15, 0.2) is 28.7 Å². The maximum Gasteiger partial charge on any atom is 0.254 e. The molecule has 3 heteroatoms. The van der Waals surface area contributed by atoms with Gasteiger partial charge in [-0.15, -0.1) is 0 Å². The number of nitrogens with zero attached hydrogens (tertiary/aromatic N) is 1. The number of halogens is 1. The van der Waals surface area contributed by atoms with Gasteiger partial charge in [0.05, 0.1) is 0 Å².